The van der Waals surface area contributed by atoms with Crippen molar-refractivity contribution in [2.75, 3.05) is 25.7 Å². The molecule has 2 aliphatic rings. The van der Waals surface area contributed by atoms with E-state index in [1.807, 2.05) is 10.9 Å². The summed E-state index contributed by atoms with van der Waals surface area (Å²) in [5.74, 6) is 1.14. The third-order valence-electron chi connectivity index (χ3n) is 4.67. The topological polar surface area (TPSA) is 58.4 Å². The van der Waals surface area contributed by atoms with Crippen molar-refractivity contribution >= 4 is 23.6 Å². The molecule has 1 aromatic heterocycles. The van der Waals surface area contributed by atoms with Gasteiger partial charge in [0.25, 0.3) is 5.91 Å². The third-order valence-corrected chi connectivity index (χ3v) is 5.68. The Morgan fingerprint density at radius 1 is 1.26 bits per heavy atom. The van der Waals surface area contributed by atoms with Gasteiger partial charge in [0.2, 0.25) is 5.91 Å². The summed E-state index contributed by atoms with van der Waals surface area (Å²) >= 11 is 1.62. The van der Waals surface area contributed by atoms with E-state index < -0.39 is 0 Å². The molecule has 0 N–H and O–H groups in total. The number of aromatic nitrogens is 2. The molecule has 6 nitrogen and oxygen atoms in total. The Labute approximate surface area is 141 Å². The maximum Gasteiger partial charge on any atom is 0.258 e. The average Bonchev–Trinajstić information content (AvgIpc) is 3.23. The highest BCUT2D eigenvalue weighted by Crippen LogP contribution is 2.28. The van der Waals surface area contributed by atoms with Crippen molar-refractivity contribution < 1.29 is 9.59 Å². The third kappa shape index (κ3) is 3.39. The van der Waals surface area contributed by atoms with Crippen molar-refractivity contribution in [2.24, 2.45) is 0 Å². The molecule has 2 fully saturated rings. The molecule has 1 atom stereocenters. The molecule has 0 aromatic carbocycles. The van der Waals surface area contributed by atoms with Crippen molar-refractivity contribution in [3.63, 3.8) is 0 Å². The van der Waals surface area contributed by atoms with Gasteiger partial charge in [-0.1, -0.05) is 19.3 Å². The first-order valence-corrected chi connectivity index (χ1v) is 9.37. The number of thioether (sulfide) groups is 1. The van der Waals surface area contributed by atoms with Gasteiger partial charge >= 0.3 is 0 Å². The van der Waals surface area contributed by atoms with Gasteiger partial charge in [-0.05, 0) is 12.8 Å². The van der Waals surface area contributed by atoms with E-state index in [-0.39, 0.29) is 17.9 Å². The van der Waals surface area contributed by atoms with E-state index in [9.17, 15) is 9.59 Å². The van der Waals surface area contributed by atoms with Gasteiger partial charge in [-0.3, -0.25) is 14.3 Å². The molecule has 7 heteroatoms. The molecule has 1 aliphatic carbocycles. The standard InChI is InChI=1S/C16H24N4O2S/c1-18(2)16(22)14-10-23-11-19(14)15(21)12-8-17-20(9-12)13-6-4-3-5-7-13/h8-9,13-14H,3-7,10-11H2,1-2H3/t14-/m1/s1. The van der Waals surface area contributed by atoms with E-state index in [2.05, 4.69) is 5.10 Å². The van der Waals surface area contributed by atoms with Gasteiger partial charge < -0.3 is 9.80 Å². The van der Waals surface area contributed by atoms with Crippen molar-refractivity contribution in [3.8, 4) is 0 Å². The molecular formula is C16H24N4O2S. The Morgan fingerprint density at radius 3 is 2.70 bits per heavy atom. The van der Waals surface area contributed by atoms with Crippen LogP contribution in [-0.4, -0.2) is 63.2 Å². The number of hydrogen-bond donors (Lipinski definition) is 0. The van der Waals surface area contributed by atoms with E-state index in [0.29, 0.717) is 23.2 Å². The molecule has 0 radical (unpaired) electrons. The second-order valence-electron chi connectivity index (χ2n) is 6.52. The van der Waals surface area contributed by atoms with Gasteiger partial charge in [0.05, 0.1) is 23.7 Å². The van der Waals surface area contributed by atoms with Crippen molar-refractivity contribution in [3.05, 3.63) is 18.0 Å². The number of carbonyl (C=O) groups excluding carboxylic acids is 2. The molecule has 126 valence electrons. The summed E-state index contributed by atoms with van der Waals surface area (Å²) in [6.07, 6.45) is 9.54. The predicted octanol–water partition coefficient (Wildman–Crippen LogP) is 1.99. The molecule has 1 aliphatic heterocycles. The molecular weight excluding hydrogens is 312 g/mol. The lowest BCUT2D eigenvalue weighted by atomic mass is 9.96. The Morgan fingerprint density at radius 2 is 2.00 bits per heavy atom. The van der Waals surface area contributed by atoms with Crippen LogP contribution < -0.4 is 0 Å². The van der Waals surface area contributed by atoms with E-state index in [4.69, 9.17) is 0 Å². The summed E-state index contributed by atoms with van der Waals surface area (Å²) in [6.45, 7) is 0. The Balaban J connectivity index is 1.72. The van der Waals surface area contributed by atoms with E-state index in [0.717, 1.165) is 12.8 Å². The molecule has 2 amide bonds. The highest BCUT2D eigenvalue weighted by atomic mass is 32.2. The molecule has 1 aromatic rings. The summed E-state index contributed by atoms with van der Waals surface area (Å²) in [4.78, 5) is 28.2. The van der Waals surface area contributed by atoms with Gasteiger partial charge in [-0.2, -0.15) is 5.10 Å². The van der Waals surface area contributed by atoms with Crippen LogP contribution in [0.1, 0.15) is 48.5 Å². The van der Waals surface area contributed by atoms with Crippen LogP contribution in [0.2, 0.25) is 0 Å². The summed E-state index contributed by atoms with van der Waals surface area (Å²) in [5.41, 5.74) is 0.592. The average molecular weight is 336 g/mol. The van der Waals surface area contributed by atoms with Crippen LogP contribution in [0, 0.1) is 0 Å². The maximum atomic E-state index is 12.8. The fourth-order valence-corrected chi connectivity index (χ4v) is 4.45. The number of rotatable bonds is 3. The largest absolute Gasteiger partial charge is 0.347 e. The fourth-order valence-electron chi connectivity index (χ4n) is 3.31. The minimum absolute atomic E-state index is 0.0111. The van der Waals surface area contributed by atoms with Crippen LogP contribution in [0.4, 0.5) is 0 Å². The molecule has 0 spiro atoms. The number of likely N-dealkylation sites (N-methyl/N-ethyl adjacent to an activating group) is 1. The highest BCUT2D eigenvalue weighted by Gasteiger charge is 2.36. The van der Waals surface area contributed by atoms with Crippen LogP contribution in [0.3, 0.4) is 0 Å². The Bertz CT molecular complexity index is 580. The number of hydrogen-bond acceptors (Lipinski definition) is 4. The van der Waals surface area contributed by atoms with Crippen molar-refractivity contribution in [1.29, 1.82) is 0 Å². The first kappa shape index (κ1) is 16.4. The number of amides is 2. The SMILES string of the molecule is CN(C)C(=O)[C@H]1CSCN1C(=O)c1cnn(C2CCCCC2)c1. The predicted molar refractivity (Wildman–Crippen MR) is 90.3 cm³/mol. The first-order valence-electron chi connectivity index (χ1n) is 8.22. The zero-order valence-corrected chi connectivity index (χ0v) is 14.6. The first-order chi connectivity index (χ1) is 11.1. The molecule has 23 heavy (non-hydrogen) atoms. The van der Waals surface area contributed by atoms with Crippen LogP contribution in [0.5, 0.6) is 0 Å². The van der Waals surface area contributed by atoms with E-state index >= 15 is 0 Å². The maximum absolute atomic E-state index is 12.8. The van der Waals surface area contributed by atoms with Gasteiger partial charge in [-0.25, -0.2) is 0 Å². The second kappa shape index (κ2) is 6.95. The van der Waals surface area contributed by atoms with Crippen LogP contribution in [0.25, 0.3) is 0 Å². The lowest BCUT2D eigenvalue weighted by Gasteiger charge is -2.25. The molecule has 0 unspecified atom stereocenters. The minimum atomic E-state index is -0.361. The number of carbonyl (C=O) groups is 2. The minimum Gasteiger partial charge on any atom is -0.347 e. The number of nitrogens with zero attached hydrogens (tertiary/aromatic N) is 4. The monoisotopic (exact) mass is 336 g/mol. The summed E-state index contributed by atoms with van der Waals surface area (Å²) < 4.78 is 1.94. The van der Waals surface area contributed by atoms with E-state index in [1.54, 1.807) is 41.9 Å². The van der Waals surface area contributed by atoms with Crippen LogP contribution in [-0.2, 0) is 4.79 Å². The summed E-state index contributed by atoms with van der Waals surface area (Å²) in [5, 5.41) is 4.40. The van der Waals surface area contributed by atoms with Gasteiger partial charge in [0, 0.05) is 26.0 Å². The molecule has 1 saturated heterocycles. The Hall–Kier alpha value is -1.50. The zero-order chi connectivity index (χ0) is 16.4. The van der Waals surface area contributed by atoms with Gasteiger partial charge in [0.1, 0.15) is 6.04 Å². The quantitative estimate of drug-likeness (QED) is 0.847. The normalized spacial score (nSPS) is 22.3. The van der Waals surface area contributed by atoms with Crippen LogP contribution in [0.15, 0.2) is 12.4 Å². The van der Waals surface area contributed by atoms with Crippen molar-refractivity contribution in [1.82, 2.24) is 19.6 Å². The molecule has 1 saturated carbocycles. The van der Waals surface area contributed by atoms with E-state index in [1.165, 1.54) is 19.3 Å². The molecule has 2 heterocycles. The highest BCUT2D eigenvalue weighted by molar-refractivity contribution is 7.99. The smallest absolute Gasteiger partial charge is 0.258 e. The lowest BCUT2D eigenvalue weighted by Crippen LogP contribution is -2.46. The summed E-state index contributed by atoms with van der Waals surface area (Å²) in [6, 6.07) is 0.0537. The van der Waals surface area contributed by atoms with Gasteiger partial charge in [0.15, 0.2) is 0 Å². The molecule has 0 bridgehead atoms. The zero-order valence-electron chi connectivity index (χ0n) is 13.8. The van der Waals surface area contributed by atoms with Gasteiger partial charge in [-0.15, -0.1) is 11.8 Å². The molecule has 3 rings (SSSR count). The summed E-state index contributed by atoms with van der Waals surface area (Å²) in [7, 11) is 3.46. The second-order valence-corrected chi connectivity index (χ2v) is 7.52. The fraction of sp³-hybridized carbons (Fsp3) is 0.688. The van der Waals surface area contributed by atoms with Crippen LogP contribution >= 0.6 is 11.8 Å². The lowest BCUT2D eigenvalue weighted by molar-refractivity contribution is -0.132. The Kier molecular flexibility index (Phi) is 4.94. The van der Waals surface area contributed by atoms with Crippen molar-refractivity contribution in [2.45, 2.75) is 44.2 Å².